The Hall–Kier alpha value is -1.63. The Bertz CT molecular complexity index is 508. The topological polar surface area (TPSA) is 73.7 Å². The van der Waals surface area contributed by atoms with E-state index in [1.54, 1.807) is 28.2 Å². The lowest BCUT2D eigenvalue weighted by atomic mass is 10.1. The summed E-state index contributed by atoms with van der Waals surface area (Å²) in [6, 6.07) is -0.186. The summed E-state index contributed by atoms with van der Waals surface area (Å²) < 4.78 is 0. The van der Waals surface area contributed by atoms with Gasteiger partial charge in [-0.2, -0.15) is 0 Å². The Balaban J connectivity index is 2.76. The van der Waals surface area contributed by atoms with Crippen LogP contribution in [0.2, 0.25) is 0 Å². The second-order valence-electron chi connectivity index (χ2n) is 5.96. The lowest BCUT2D eigenvalue weighted by molar-refractivity contribution is -0.137. The number of aromatic nitrogens is 1. The molecule has 0 aliphatic heterocycles. The number of aliphatic carboxylic acids is 1. The van der Waals surface area contributed by atoms with Crippen LogP contribution in [-0.4, -0.2) is 51.0 Å². The molecule has 0 fully saturated rings. The highest BCUT2D eigenvalue weighted by atomic mass is 32.1. The number of aryl methyl sites for hydroxylation is 1. The Morgan fingerprint density at radius 1 is 1.38 bits per heavy atom. The van der Waals surface area contributed by atoms with E-state index in [1.807, 2.05) is 33.1 Å². The summed E-state index contributed by atoms with van der Waals surface area (Å²) in [6.07, 6.45) is -0.0628. The molecular formula is C14H23N3O3S. The second-order valence-corrected chi connectivity index (χ2v) is 7.02. The highest BCUT2D eigenvalue weighted by Gasteiger charge is 2.29. The number of hydrogen-bond acceptors (Lipinski definition) is 4. The number of carbonyl (C=O) groups excluding carboxylic acids is 1. The first kappa shape index (κ1) is 17.4. The number of rotatable bonds is 5. The van der Waals surface area contributed by atoms with Crippen molar-refractivity contribution in [2.24, 2.45) is 0 Å². The van der Waals surface area contributed by atoms with Crippen molar-refractivity contribution in [1.82, 2.24) is 14.8 Å². The van der Waals surface area contributed by atoms with Crippen LogP contribution in [0.1, 0.15) is 37.9 Å². The van der Waals surface area contributed by atoms with E-state index < -0.39 is 11.5 Å². The number of carboxylic acid groups (broad SMARTS) is 1. The standard InChI is InChI=1S/C14H23N3O3S/c1-10-15-11(9-21-10)8-16(5)13(20)17(14(2,3)4)7-6-12(18)19/h9H,6-8H2,1-5H3,(H,18,19). The Morgan fingerprint density at radius 3 is 2.43 bits per heavy atom. The van der Waals surface area contributed by atoms with E-state index in [1.165, 1.54) is 0 Å². The van der Waals surface area contributed by atoms with Gasteiger partial charge in [0.15, 0.2) is 0 Å². The van der Waals surface area contributed by atoms with Gasteiger partial charge in [0.25, 0.3) is 0 Å². The smallest absolute Gasteiger partial charge is 0.320 e. The molecule has 7 heteroatoms. The van der Waals surface area contributed by atoms with Crippen molar-refractivity contribution in [2.45, 2.75) is 46.2 Å². The number of hydrogen-bond donors (Lipinski definition) is 1. The monoisotopic (exact) mass is 313 g/mol. The lowest BCUT2D eigenvalue weighted by Gasteiger charge is -2.38. The summed E-state index contributed by atoms with van der Waals surface area (Å²) >= 11 is 1.55. The molecule has 1 N–H and O–H groups in total. The van der Waals surface area contributed by atoms with Crippen LogP contribution in [-0.2, 0) is 11.3 Å². The first-order valence-electron chi connectivity index (χ1n) is 6.77. The van der Waals surface area contributed by atoms with Gasteiger partial charge in [0.1, 0.15) is 0 Å². The SMILES string of the molecule is Cc1nc(CN(C)C(=O)N(CCC(=O)O)C(C)(C)C)cs1. The van der Waals surface area contributed by atoms with Crippen LogP contribution in [0, 0.1) is 6.92 Å². The minimum absolute atomic E-state index is 0.0628. The summed E-state index contributed by atoms with van der Waals surface area (Å²) in [5.74, 6) is -0.908. The van der Waals surface area contributed by atoms with E-state index >= 15 is 0 Å². The molecule has 118 valence electrons. The minimum atomic E-state index is -0.908. The van der Waals surface area contributed by atoms with Crippen molar-refractivity contribution < 1.29 is 14.7 Å². The van der Waals surface area contributed by atoms with Crippen LogP contribution in [0.5, 0.6) is 0 Å². The van der Waals surface area contributed by atoms with Crippen LogP contribution in [0.15, 0.2) is 5.38 Å². The molecule has 0 aromatic carbocycles. The zero-order valence-electron chi connectivity index (χ0n) is 13.2. The van der Waals surface area contributed by atoms with Crippen molar-refractivity contribution in [3.05, 3.63) is 16.1 Å². The molecule has 0 unspecified atom stereocenters. The molecular weight excluding hydrogens is 290 g/mol. The van der Waals surface area contributed by atoms with Gasteiger partial charge in [-0.15, -0.1) is 11.3 Å². The van der Waals surface area contributed by atoms with Crippen LogP contribution in [0.4, 0.5) is 4.79 Å². The van der Waals surface area contributed by atoms with Gasteiger partial charge in [-0.25, -0.2) is 9.78 Å². The van der Waals surface area contributed by atoms with E-state index in [-0.39, 0.29) is 19.0 Å². The summed E-state index contributed by atoms with van der Waals surface area (Å²) in [5, 5.41) is 11.7. The van der Waals surface area contributed by atoms with Gasteiger partial charge in [0.2, 0.25) is 0 Å². The third-order valence-electron chi connectivity index (χ3n) is 2.98. The number of urea groups is 1. The fourth-order valence-electron chi connectivity index (χ4n) is 1.92. The van der Waals surface area contributed by atoms with E-state index in [4.69, 9.17) is 5.11 Å². The van der Waals surface area contributed by atoms with Crippen molar-refractivity contribution >= 4 is 23.3 Å². The Morgan fingerprint density at radius 2 is 2.00 bits per heavy atom. The average molecular weight is 313 g/mol. The molecule has 0 radical (unpaired) electrons. The molecule has 21 heavy (non-hydrogen) atoms. The molecule has 0 spiro atoms. The van der Waals surface area contributed by atoms with Crippen molar-refractivity contribution in [2.75, 3.05) is 13.6 Å². The lowest BCUT2D eigenvalue weighted by Crippen LogP contribution is -2.51. The number of nitrogens with zero attached hydrogens (tertiary/aromatic N) is 3. The molecule has 6 nitrogen and oxygen atoms in total. The molecule has 1 heterocycles. The van der Waals surface area contributed by atoms with Gasteiger partial charge < -0.3 is 14.9 Å². The average Bonchev–Trinajstić information content (AvgIpc) is 2.72. The number of carboxylic acids is 1. The molecule has 0 atom stereocenters. The molecule has 1 aromatic rings. The predicted octanol–water partition coefficient (Wildman–Crippen LogP) is 2.58. The number of thiazole rings is 1. The maximum Gasteiger partial charge on any atom is 0.320 e. The van der Waals surface area contributed by atoms with Crippen LogP contribution in [0.25, 0.3) is 0 Å². The fraction of sp³-hybridized carbons (Fsp3) is 0.643. The Kier molecular flexibility index (Phi) is 5.71. The molecule has 1 aromatic heterocycles. The largest absolute Gasteiger partial charge is 0.481 e. The van der Waals surface area contributed by atoms with Crippen molar-refractivity contribution in [3.63, 3.8) is 0 Å². The number of amides is 2. The first-order chi connectivity index (χ1) is 9.61. The summed E-state index contributed by atoms with van der Waals surface area (Å²) in [5.41, 5.74) is 0.416. The molecule has 0 aliphatic rings. The normalized spacial score (nSPS) is 11.3. The first-order valence-corrected chi connectivity index (χ1v) is 7.64. The molecule has 0 aliphatic carbocycles. The summed E-state index contributed by atoms with van der Waals surface area (Å²) in [6.45, 7) is 8.22. The zero-order chi connectivity index (χ0) is 16.2. The maximum atomic E-state index is 12.5. The molecule has 0 saturated heterocycles. The Labute approximate surface area is 129 Å². The molecule has 2 amide bonds. The summed E-state index contributed by atoms with van der Waals surface area (Å²) in [7, 11) is 1.70. The van der Waals surface area contributed by atoms with E-state index in [0.29, 0.717) is 6.54 Å². The maximum absolute atomic E-state index is 12.5. The predicted molar refractivity (Wildman–Crippen MR) is 82.4 cm³/mol. The molecule has 0 saturated carbocycles. The van der Waals surface area contributed by atoms with Crippen molar-refractivity contribution in [3.8, 4) is 0 Å². The van der Waals surface area contributed by atoms with Gasteiger partial charge in [0, 0.05) is 24.5 Å². The highest BCUT2D eigenvalue weighted by Crippen LogP contribution is 2.17. The number of carbonyl (C=O) groups is 2. The van der Waals surface area contributed by atoms with E-state index in [9.17, 15) is 9.59 Å². The van der Waals surface area contributed by atoms with E-state index in [2.05, 4.69) is 4.98 Å². The third-order valence-corrected chi connectivity index (χ3v) is 3.80. The van der Waals surface area contributed by atoms with Crippen LogP contribution < -0.4 is 0 Å². The summed E-state index contributed by atoms with van der Waals surface area (Å²) in [4.78, 5) is 30.8. The zero-order valence-corrected chi connectivity index (χ0v) is 14.0. The van der Waals surface area contributed by atoms with Gasteiger partial charge in [0.05, 0.1) is 23.7 Å². The minimum Gasteiger partial charge on any atom is -0.481 e. The fourth-order valence-corrected chi connectivity index (χ4v) is 2.53. The van der Waals surface area contributed by atoms with Crippen LogP contribution >= 0.6 is 11.3 Å². The molecule has 1 rings (SSSR count). The van der Waals surface area contributed by atoms with E-state index in [0.717, 1.165) is 10.7 Å². The van der Waals surface area contributed by atoms with Gasteiger partial charge in [-0.05, 0) is 27.7 Å². The quantitative estimate of drug-likeness (QED) is 0.906. The van der Waals surface area contributed by atoms with Gasteiger partial charge in [-0.1, -0.05) is 0 Å². The van der Waals surface area contributed by atoms with Gasteiger partial charge >= 0.3 is 12.0 Å². The van der Waals surface area contributed by atoms with Crippen molar-refractivity contribution in [1.29, 1.82) is 0 Å². The van der Waals surface area contributed by atoms with Crippen LogP contribution in [0.3, 0.4) is 0 Å². The van der Waals surface area contributed by atoms with Gasteiger partial charge in [-0.3, -0.25) is 4.79 Å². The second kappa shape index (κ2) is 6.89. The third kappa shape index (κ3) is 5.34. The highest BCUT2D eigenvalue weighted by molar-refractivity contribution is 7.09. The molecule has 0 bridgehead atoms.